The Morgan fingerprint density at radius 2 is 1.56 bits per heavy atom. The van der Waals surface area contributed by atoms with Gasteiger partial charge in [0.2, 0.25) is 0 Å². The van der Waals surface area contributed by atoms with E-state index in [1.165, 1.54) is 0 Å². The Balaban J connectivity index is 1.95. The van der Waals surface area contributed by atoms with Gasteiger partial charge in [0.1, 0.15) is 5.60 Å². The largest absolute Gasteiger partial charge is 0.444 e. The van der Waals surface area contributed by atoms with Crippen LogP contribution in [0.4, 0.5) is 4.79 Å². The molecule has 1 N–H and O–H groups in total. The zero-order valence-electron chi connectivity index (χ0n) is 19.4. The molecule has 1 unspecified atom stereocenters. The predicted molar refractivity (Wildman–Crippen MR) is 129 cm³/mol. The van der Waals surface area contributed by atoms with Crippen molar-refractivity contribution in [1.29, 1.82) is 0 Å². The van der Waals surface area contributed by atoms with E-state index in [1.54, 1.807) is 4.90 Å². The van der Waals surface area contributed by atoms with E-state index in [2.05, 4.69) is 24.3 Å². The van der Waals surface area contributed by atoms with Gasteiger partial charge in [0.05, 0.1) is 12.6 Å². The molecule has 4 heteroatoms. The van der Waals surface area contributed by atoms with Crippen LogP contribution in [0.2, 0.25) is 0 Å². The molecule has 0 bridgehead atoms. The van der Waals surface area contributed by atoms with E-state index >= 15 is 0 Å². The molecule has 0 heterocycles. The van der Waals surface area contributed by atoms with Crippen molar-refractivity contribution in [2.24, 2.45) is 0 Å². The van der Waals surface area contributed by atoms with Crippen molar-refractivity contribution in [1.82, 2.24) is 4.90 Å². The summed E-state index contributed by atoms with van der Waals surface area (Å²) in [6.07, 6.45) is 0.310. The van der Waals surface area contributed by atoms with E-state index in [9.17, 15) is 9.90 Å². The van der Waals surface area contributed by atoms with Gasteiger partial charge in [0.25, 0.3) is 0 Å². The summed E-state index contributed by atoms with van der Waals surface area (Å²) in [4.78, 5) is 15.0. The molecule has 3 rings (SSSR count). The molecule has 0 aromatic heterocycles. The van der Waals surface area contributed by atoms with Crippen molar-refractivity contribution in [3.8, 4) is 11.1 Å². The normalized spacial score (nSPS) is 12.3. The van der Waals surface area contributed by atoms with Crippen LogP contribution >= 0.6 is 0 Å². The summed E-state index contributed by atoms with van der Waals surface area (Å²) >= 11 is 0. The molecule has 0 aliphatic carbocycles. The van der Waals surface area contributed by atoms with Gasteiger partial charge in [-0.15, -0.1) is 0 Å². The Kier molecular flexibility index (Phi) is 7.70. The number of aliphatic hydroxyl groups is 1. The number of hydrogen-bond donors (Lipinski definition) is 1. The number of ether oxygens (including phenoxy) is 1. The lowest BCUT2D eigenvalue weighted by Crippen LogP contribution is -2.38. The number of amides is 1. The maximum atomic E-state index is 13.2. The van der Waals surface area contributed by atoms with Crippen LogP contribution in [0.15, 0.2) is 78.9 Å². The quantitative estimate of drug-likeness (QED) is 0.472. The third kappa shape index (κ3) is 6.21. The summed E-state index contributed by atoms with van der Waals surface area (Å²) in [6.45, 7) is 8.26. The zero-order chi connectivity index (χ0) is 23.1. The van der Waals surface area contributed by atoms with Gasteiger partial charge in [0, 0.05) is 6.61 Å². The lowest BCUT2D eigenvalue weighted by Gasteiger charge is -2.32. The molecule has 0 saturated heterocycles. The summed E-state index contributed by atoms with van der Waals surface area (Å²) in [6, 6.07) is 26.3. The fourth-order valence-corrected chi connectivity index (χ4v) is 3.70. The summed E-state index contributed by atoms with van der Waals surface area (Å²) in [5.41, 5.74) is 4.80. The maximum Gasteiger partial charge on any atom is 0.411 e. The van der Waals surface area contributed by atoms with Crippen molar-refractivity contribution < 1.29 is 14.6 Å². The summed E-state index contributed by atoms with van der Waals surface area (Å²) in [5.74, 6) is 0. The third-order valence-corrected chi connectivity index (χ3v) is 5.40. The van der Waals surface area contributed by atoms with Crippen LogP contribution in [0, 0.1) is 0 Å². The van der Waals surface area contributed by atoms with Crippen molar-refractivity contribution in [3.05, 3.63) is 95.6 Å². The first-order valence-corrected chi connectivity index (χ1v) is 11.1. The molecule has 3 aromatic carbocycles. The number of benzene rings is 3. The molecule has 0 aliphatic rings. The van der Waals surface area contributed by atoms with E-state index in [0.29, 0.717) is 13.0 Å². The van der Waals surface area contributed by atoms with Gasteiger partial charge in [-0.25, -0.2) is 4.79 Å². The van der Waals surface area contributed by atoms with Gasteiger partial charge in [-0.05, 0) is 61.9 Å². The SMILES string of the molecule is CC(c1ccccc1)N(Cc1ccccc1-c1ccc(CCO)cc1)C(=O)OC(C)(C)C. The van der Waals surface area contributed by atoms with E-state index in [0.717, 1.165) is 27.8 Å². The summed E-state index contributed by atoms with van der Waals surface area (Å²) in [7, 11) is 0. The molecule has 1 atom stereocenters. The standard InChI is InChI=1S/C28H33NO3/c1-21(23-10-6-5-7-11-23)29(27(31)32-28(2,3)4)20-25-12-8-9-13-26(25)24-16-14-22(15-17-24)18-19-30/h5-17,21,30H,18-20H2,1-4H3. The predicted octanol–water partition coefficient (Wildman–Crippen LogP) is 6.39. The monoisotopic (exact) mass is 431 g/mol. The second-order valence-electron chi connectivity index (χ2n) is 9.02. The Morgan fingerprint density at radius 3 is 2.19 bits per heavy atom. The van der Waals surface area contributed by atoms with Crippen LogP contribution in [-0.2, 0) is 17.7 Å². The summed E-state index contributed by atoms with van der Waals surface area (Å²) in [5, 5.41) is 9.18. The average Bonchev–Trinajstić information content (AvgIpc) is 2.77. The number of aliphatic hydroxyl groups excluding tert-OH is 1. The molecule has 1 amide bonds. The molecule has 0 saturated carbocycles. The van der Waals surface area contributed by atoms with E-state index in [4.69, 9.17) is 4.74 Å². The second-order valence-corrected chi connectivity index (χ2v) is 9.02. The Hall–Kier alpha value is -3.11. The molecule has 32 heavy (non-hydrogen) atoms. The molecule has 0 fully saturated rings. The topological polar surface area (TPSA) is 49.8 Å². The summed E-state index contributed by atoms with van der Waals surface area (Å²) < 4.78 is 5.77. The van der Waals surface area contributed by atoms with Crippen LogP contribution in [-0.4, -0.2) is 28.3 Å². The van der Waals surface area contributed by atoms with Crippen LogP contribution in [0.5, 0.6) is 0 Å². The van der Waals surface area contributed by atoms with Crippen LogP contribution in [0.3, 0.4) is 0 Å². The molecule has 0 spiro atoms. The van der Waals surface area contributed by atoms with E-state index in [-0.39, 0.29) is 18.7 Å². The minimum Gasteiger partial charge on any atom is -0.444 e. The van der Waals surface area contributed by atoms with Crippen LogP contribution in [0.1, 0.15) is 50.4 Å². The van der Waals surface area contributed by atoms with Crippen LogP contribution in [0.25, 0.3) is 11.1 Å². The molecule has 168 valence electrons. The number of rotatable bonds is 7. The Morgan fingerprint density at radius 1 is 0.938 bits per heavy atom. The average molecular weight is 432 g/mol. The first kappa shape index (κ1) is 23.6. The second kappa shape index (κ2) is 10.5. The fourth-order valence-electron chi connectivity index (χ4n) is 3.70. The molecule has 0 radical (unpaired) electrons. The van der Waals surface area contributed by atoms with E-state index in [1.807, 2.05) is 82.3 Å². The van der Waals surface area contributed by atoms with E-state index < -0.39 is 5.60 Å². The minimum absolute atomic E-state index is 0.137. The number of hydrogen-bond acceptors (Lipinski definition) is 3. The number of carbonyl (C=O) groups is 1. The van der Waals surface area contributed by atoms with Gasteiger partial charge < -0.3 is 9.84 Å². The third-order valence-electron chi connectivity index (χ3n) is 5.40. The van der Waals surface area contributed by atoms with Gasteiger partial charge in [-0.1, -0.05) is 78.9 Å². The highest BCUT2D eigenvalue weighted by Crippen LogP contribution is 2.30. The smallest absolute Gasteiger partial charge is 0.411 e. The van der Waals surface area contributed by atoms with Gasteiger partial charge >= 0.3 is 6.09 Å². The highest BCUT2D eigenvalue weighted by atomic mass is 16.6. The van der Waals surface area contributed by atoms with Crippen molar-refractivity contribution in [2.75, 3.05) is 6.61 Å². The number of nitrogens with zero attached hydrogens (tertiary/aromatic N) is 1. The molecular weight excluding hydrogens is 398 g/mol. The first-order valence-electron chi connectivity index (χ1n) is 11.1. The number of carbonyl (C=O) groups excluding carboxylic acids is 1. The molecule has 3 aromatic rings. The highest BCUT2D eigenvalue weighted by Gasteiger charge is 2.27. The maximum absolute atomic E-state index is 13.2. The van der Waals surface area contributed by atoms with Crippen molar-refractivity contribution in [3.63, 3.8) is 0 Å². The Labute approximate surface area is 191 Å². The molecular formula is C28H33NO3. The van der Waals surface area contributed by atoms with Gasteiger partial charge in [-0.2, -0.15) is 0 Å². The molecule has 0 aliphatic heterocycles. The van der Waals surface area contributed by atoms with Gasteiger partial charge in [0.15, 0.2) is 0 Å². The van der Waals surface area contributed by atoms with Crippen molar-refractivity contribution in [2.45, 2.75) is 52.3 Å². The zero-order valence-corrected chi connectivity index (χ0v) is 19.4. The van der Waals surface area contributed by atoms with Crippen molar-refractivity contribution >= 4 is 6.09 Å². The first-order chi connectivity index (χ1) is 15.3. The minimum atomic E-state index is -0.576. The van der Waals surface area contributed by atoms with Gasteiger partial charge in [-0.3, -0.25) is 4.90 Å². The lowest BCUT2D eigenvalue weighted by atomic mass is 9.97. The molecule has 4 nitrogen and oxygen atoms in total. The Bertz CT molecular complexity index is 1010. The fraction of sp³-hybridized carbons (Fsp3) is 0.321. The lowest BCUT2D eigenvalue weighted by molar-refractivity contribution is 0.0153. The van der Waals surface area contributed by atoms with Crippen LogP contribution < -0.4 is 0 Å². The highest BCUT2D eigenvalue weighted by molar-refractivity contribution is 5.71.